The molecule has 0 aliphatic carbocycles. The van der Waals surface area contributed by atoms with Gasteiger partial charge in [-0.05, 0) is 32.9 Å². The summed E-state index contributed by atoms with van der Waals surface area (Å²) in [5.41, 5.74) is 3.24. The van der Waals surface area contributed by atoms with Crippen LogP contribution < -0.4 is 5.32 Å². The third kappa shape index (κ3) is 5.68. The minimum Gasteiger partial charge on any atom is -0.342 e. The normalized spacial score (nSPS) is 16.2. The molecule has 0 bridgehead atoms. The number of rotatable bonds is 5. The second-order valence-corrected chi connectivity index (χ2v) is 7.10. The topological polar surface area (TPSA) is 45.2 Å². The van der Waals surface area contributed by atoms with Gasteiger partial charge in [0.2, 0.25) is 5.91 Å². The molecule has 0 saturated carbocycles. The van der Waals surface area contributed by atoms with Crippen LogP contribution in [0.25, 0.3) is 10.6 Å². The summed E-state index contributed by atoms with van der Waals surface area (Å²) in [5.74, 6) is 0.784. The zero-order valence-electron chi connectivity index (χ0n) is 14.5. The molecule has 1 aliphatic heterocycles. The number of halogens is 2. The van der Waals surface area contributed by atoms with Gasteiger partial charge >= 0.3 is 0 Å². The Bertz CT molecular complexity index is 675. The zero-order valence-corrected chi connectivity index (χ0v) is 17.0. The van der Waals surface area contributed by atoms with Gasteiger partial charge < -0.3 is 10.2 Å². The van der Waals surface area contributed by atoms with Crippen LogP contribution in [-0.2, 0) is 11.2 Å². The number of carbonyl (C=O) groups excluding carboxylic acids is 1. The predicted octanol–water partition coefficient (Wildman–Crippen LogP) is 3.57. The number of nitrogens with one attached hydrogen (secondary N) is 1. The van der Waals surface area contributed by atoms with E-state index in [1.54, 1.807) is 11.3 Å². The lowest BCUT2D eigenvalue weighted by Gasteiger charge is -2.15. The van der Waals surface area contributed by atoms with E-state index < -0.39 is 0 Å². The van der Waals surface area contributed by atoms with E-state index in [4.69, 9.17) is 0 Å². The van der Waals surface area contributed by atoms with Crippen LogP contribution >= 0.6 is 36.2 Å². The molecule has 25 heavy (non-hydrogen) atoms. The minimum absolute atomic E-state index is 0. The van der Waals surface area contributed by atoms with E-state index in [1.165, 1.54) is 5.56 Å². The summed E-state index contributed by atoms with van der Waals surface area (Å²) in [6.45, 7) is 4.81. The van der Waals surface area contributed by atoms with Gasteiger partial charge in [-0.2, -0.15) is 0 Å². The Morgan fingerprint density at radius 3 is 2.72 bits per heavy atom. The fourth-order valence-corrected chi connectivity index (χ4v) is 3.82. The number of benzene rings is 1. The van der Waals surface area contributed by atoms with Crippen LogP contribution in [-0.4, -0.2) is 42.5 Å². The van der Waals surface area contributed by atoms with Crippen molar-refractivity contribution < 1.29 is 4.79 Å². The van der Waals surface area contributed by atoms with Crippen molar-refractivity contribution in [1.82, 2.24) is 15.2 Å². The molecule has 0 radical (unpaired) electrons. The zero-order chi connectivity index (χ0) is 16.2. The van der Waals surface area contributed by atoms with Crippen molar-refractivity contribution in [2.75, 3.05) is 26.7 Å². The van der Waals surface area contributed by atoms with E-state index >= 15 is 0 Å². The number of aryl methyl sites for hydroxylation is 1. The molecule has 7 heteroatoms. The molecule has 1 aromatic carbocycles. The number of hydrogen-bond donors (Lipinski definition) is 1. The second kappa shape index (κ2) is 10.1. The summed E-state index contributed by atoms with van der Waals surface area (Å²) < 4.78 is 0. The highest BCUT2D eigenvalue weighted by atomic mass is 35.5. The van der Waals surface area contributed by atoms with Gasteiger partial charge in [-0.15, -0.1) is 36.2 Å². The van der Waals surface area contributed by atoms with Crippen molar-refractivity contribution in [1.29, 1.82) is 0 Å². The molecule has 1 aliphatic rings. The van der Waals surface area contributed by atoms with Crippen molar-refractivity contribution in [3.05, 3.63) is 40.9 Å². The standard InChI is InChI=1S/C18H23N3OS.2ClH/c1-13-3-5-15(6-4-13)18-20-16(12-23-18)9-17(22)21-8-7-14(11-21)10-19-2;;/h3-6,12,14,19H,7-11H2,1-2H3;2*1H. The summed E-state index contributed by atoms with van der Waals surface area (Å²) in [7, 11) is 1.96. The molecule has 0 spiro atoms. The molecule has 1 atom stereocenters. The Morgan fingerprint density at radius 1 is 1.32 bits per heavy atom. The van der Waals surface area contributed by atoms with E-state index in [9.17, 15) is 4.79 Å². The van der Waals surface area contributed by atoms with E-state index in [0.717, 1.165) is 42.3 Å². The number of nitrogens with zero attached hydrogens (tertiary/aromatic N) is 2. The van der Waals surface area contributed by atoms with Gasteiger partial charge in [0, 0.05) is 24.0 Å². The molecule has 3 rings (SSSR count). The van der Waals surface area contributed by atoms with Gasteiger partial charge in [-0.1, -0.05) is 29.8 Å². The highest BCUT2D eigenvalue weighted by Gasteiger charge is 2.26. The average Bonchev–Trinajstić information content (AvgIpc) is 3.18. The van der Waals surface area contributed by atoms with Crippen LogP contribution in [0, 0.1) is 12.8 Å². The van der Waals surface area contributed by atoms with Gasteiger partial charge in [0.25, 0.3) is 0 Å². The molecule has 1 aromatic heterocycles. The van der Waals surface area contributed by atoms with Crippen molar-refractivity contribution >= 4 is 42.1 Å². The SMILES string of the molecule is CNCC1CCN(C(=O)Cc2csc(-c3ccc(C)cc3)n2)C1.Cl.Cl. The first-order valence-corrected chi connectivity index (χ1v) is 8.97. The van der Waals surface area contributed by atoms with E-state index in [0.29, 0.717) is 12.3 Å². The highest BCUT2D eigenvalue weighted by molar-refractivity contribution is 7.13. The average molecular weight is 402 g/mol. The van der Waals surface area contributed by atoms with Gasteiger partial charge in [-0.3, -0.25) is 4.79 Å². The molecule has 2 aromatic rings. The first-order valence-electron chi connectivity index (χ1n) is 8.09. The minimum atomic E-state index is 0. The quantitative estimate of drug-likeness (QED) is 0.832. The molecule has 1 amide bonds. The van der Waals surface area contributed by atoms with Gasteiger partial charge in [0.1, 0.15) is 5.01 Å². The van der Waals surface area contributed by atoms with Crippen molar-refractivity contribution in [3.63, 3.8) is 0 Å². The number of hydrogen-bond acceptors (Lipinski definition) is 4. The predicted molar refractivity (Wildman–Crippen MR) is 109 cm³/mol. The molecule has 1 unspecified atom stereocenters. The Kier molecular flexibility index (Phi) is 8.86. The Hall–Kier alpha value is -1.14. The molecule has 1 saturated heterocycles. The molecule has 138 valence electrons. The van der Waals surface area contributed by atoms with Crippen LogP contribution in [0.1, 0.15) is 17.7 Å². The van der Waals surface area contributed by atoms with Crippen LogP contribution in [0.15, 0.2) is 29.6 Å². The maximum atomic E-state index is 12.4. The van der Waals surface area contributed by atoms with Crippen LogP contribution in [0.2, 0.25) is 0 Å². The lowest BCUT2D eigenvalue weighted by molar-refractivity contribution is -0.129. The van der Waals surface area contributed by atoms with Crippen molar-refractivity contribution in [2.24, 2.45) is 5.92 Å². The van der Waals surface area contributed by atoms with Crippen molar-refractivity contribution in [2.45, 2.75) is 19.8 Å². The number of carbonyl (C=O) groups is 1. The highest BCUT2D eigenvalue weighted by Crippen LogP contribution is 2.25. The number of aromatic nitrogens is 1. The first kappa shape index (κ1) is 21.9. The number of likely N-dealkylation sites (tertiary alicyclic amines) is 1. The fraction of sp³-hybridized carbons (Fsp3) is 0.444. The molecule has 1 fully saturated rings. The molecular formula is C18H25Cl2N3OS. The van der Waals surface area contributed by atoms with E-state index in [2.05, 4.69) is 41.5 Å². The fourth-order valence-electron chi connectivity index (χ4n) is 3.00. The Labute approximate surface area is 165 Å². The number of thiazole rings is 1. The lowest BCUT2D eigenvalue weighted by Crippen LogP contribution is -2.31. The lowest BCUT2D eigenvalue weighted by atomic mass is 10.1. The molecule has 1 N–H and O–H groups in total. The van der Waals surface area contributed by atoms with E-state index in [-0.39, 0.29) is 30.7 Å². The summed E-state index contributed by atoms with van der Waals surface area (Å²) in [4.78, 5) is 19.0. The monoisotopic (exact) mass is 401 g/mol. The van der Waals surface area contributed by atoms with Crippen LogP contribution in [0.3, 0.4) is 0 Å². The third-order valence-electron chi connectivity index (χ3n) is 4.31. The van der Waals surface area contributed by atoms with E-state index in [1.807, 2.05) is 17.3 Å². The largest absolute Gasteiger partial charge is 0.342 e. The maximum Gasteiger partial charge on any atom is 0.228 e. The third-order valence-corrected chi connectivity index (χ3v) is 5.25. The summed E-state index contributed by atoms with van der Waals surface area (Å²) in [6, 6.07) is 8.35. The van der Waals surface area contributed by atoms with Gasteiger partial charge in [0.05, 0.1) is 12.1 Å². The number of amides is 1. The molecule has 2 heterocycles. The van der Waals surface area contributed by atoms with Crippen LogP contribution in [0.5, 0.6) is 0 Å². The van der Waals surface area contributed by atoms with Gasteiger partial charge in [0.15, 0.2) is 0 Å². The molecule has 4 nitrogen and oxygen atoms in total. The first-order chi connectivity index (χ1) is 11.2. The Balaban J connectivity index is 0.00000156. The van der Waals surface area contributed by atoms with Crippen LogP contribution in [0.4, 0.5) is 0 Å². The summed E-state index contributed by atoms with van der Waals surface area (Å²) >= 11 is 1.61. The Morgan fingerprint density at radius 2 is 2.04 bits per heavy atom. The summed E-state index contributed by atoms with van der Waals surface area (Å²) in [5, 5.41) is 6.19. The maximum absolute atomic E-state index is 12.4. The molecular weight excluding hydrogens is 377 g/mol. The smallest absolute Gasteiger partial charge is 0.228 e. The second-order valence-electron chi connectivity index (χ2n) is 6.24. The van der Waals surface area contributed by atoms with Crippen molar-refractivity contribution in [3.8, 4) is 10.6 Å². The summed E-state index contributed by atoms with van der Waals surface area (Å²) in [6.07, 6.45) is 1.51. The van der Waals surface area contributed by atoms with Gasteiger partial charge in [-0.25, -0.2) is 4.98 Å².